The Kier molecular flexibility index (Phi) is 4.99. The number of fused-ring (bicyclic) bond motifs is 1. The highest BCUT2D eigenvalue weighted by Crippen LogP contribution is 2.28. The minimum atomic E-state index is -0.574. The molecule has 1 amide bonds. The molecule has 5 heteroatoms. The molecule has 2 aromatic rings. The van der Waals surface area contributed by atoms with Crippen LogP contribution in [0, 0.1) is 12.3 Å². The zero-order chi connectivity index (χ0) is 15.9. The van der Waals surface area contributed by atoms with Crippen LogP contribution in [0.25, 0.3) is 10.8 Å². The number of ether oxygens (including phenoxy) is 2. The van der Waals surface area contributed by atoms with Gasteiger partial charge in [0.25, 0.3) is 5.91 Å². The van der Waals surface area contributed by atoms with Gasteiger partial charge in [0.15, 0.2) is 6.61 Å². The first-order valence-corrected chi connectivity index (χ1v) is 6.60. The van der Waals surface area contributed by atoms with Crippen molar-refractivity contribution in [3.05, 3.63) is 42.0 Å². The molecule has 0 aromatic heterocycles. The fourth-order valence-corrected chi connectivity index (χ4v) is 2.04. The van der Waals surface area contributed by atoms with Crippen LogP contribution in [0.15, 0.2) is 36.4 Å². The van der Waals surface area contributed by atoms with Crippen molar-refractivity contribution in [1.82, 2.24) is 5.32 Å². The maximum atomic E-state index is 12.2. The first kappa shape index (κ1) is 15.4. The summed E-state index contributed by atoms with van der Waals surface area (Å²) in [4.78, 5) is 23.6. The van der Waals surface area contributed by atoms with Gasteiger partial charge in [0.05, 0.1) is 19.2 Å². The molecule has 0 aliphatic rings. The van der Waals surface area contributed by atoms with Crippen LogP contribution in [-0.2, 0) is 9.53 Å². The van der Waals surface area contributed by atoms with Crippen LogP contribution in [0.5, 0.6) is 5.75 Å². The average Bonchev–Trinajstić information content (AvgIpc) is 2.56. The van der Waals surface area contributed by atoms with Crippen molar-refractivity contribution < 1.29 is 19.1 Å². The molecule has 5 nitrogen and oxygen atoms in total. The van der Waals surface area contributed by atoms with Crippen LogP contribution in [-0.4, -0.2) is 32.1 Å². The Morgan fingerprint density at radius 2 is 1.91 bits per heavy atom. The van der Waals surface area contributed by atoms with Crippen LogP contribution in [0.2, 0.25) is 0 Å². The van der Waals surface area contributed by atoms with E-state index >= 15 is 0 Å². The Balaban J connectivity index is 2.19. The maximum Gasteiger partial charge on any atom is 0.339 e. The molecule has 0 unspecified atom stereocenters. The number of carbonyl (C=O) groups is 2. The Bertz CT molecular complexity index is 746. The summed E-state index contributed by atoms with van der Waals surface area (Å²) in [6.07, 6.45) is 5.03. The summed E-state index contributed by atoms with van der Waals surface area (Å²) in [5.41, 5.74) is 0.376. The molecule has 0 radical (unpaired) electrons. The third kappa shape index (κ3) is 3.36. The number of terminal acetylenes is 1. The van der Waals surface area contributed by atoms with E-state index in [1.807, 2.05) is 18.2 Å². The third-order valence-corrected chi connectivity index (χ3v) is 3.05. The largest absolute Gasteiger partial charge is 0.496 e. The summed E-state index contributed by atoms with van der Waals surface area (Å²) in [5.74, 6) is 1.92. The predicted molar refractivity (Wildman–Crippen MR) is 82.6 cm³/mol. The van der Waals surface area contributed by atoms with Crippen molar-refractivity contribution in [2.45, 2.75) is 0 Å². The Morgan fingerprint density at radius 1 is 1.18 bits per heavy atom. The summed E-state index contributed by atoms with van der Waals surface area (Å²) >= 11 is 0. The molecule has 0 bridgehead atoms. The van der Waals surface area contributed by atoms with Gasteiger partial charge in [0, 0.05) is 5.39 Å². The quantitative estimate of drug-likeness (QED) is 0.674. The second-order valence-corrected chi connectivity index (χ2v) is 4.42. The highest BCUT2D eigenvalue weighted by molar-refractivity contribution is 6.06. The molecule has 112 valence electrons. The van der Waals surface area contributed by atoms with Gasteiger partial charge in [0.1, 0.15) is 5.75 Å². The Morgan fingerprint density at radius 3 is 2.59 bits per heavy atom. The number of amides is 1. The van der Waals surface area contributed by atoms with E-state index in [0.717, 1.165) is 5.39 Å². The van der Waals surface area contributed by atoms with Crippen molar-refractivity contribution >= 4 is 22.6 Å². The second kappa shape index (κ2) is 7.14. The van der Waals surface area contributed by atoms with E-state index in [4.69, 9.17) is 15.9 Å². The van der Waals surface area contributed by atoms with Gasteiger partial charge in [-0.3, -0.25) is 4.79 Å². The standard InChI is InChI=1S/C17H15NO4/c1-3-10-18-16(19)11-22-17(20)14-8-9-15(21-2)13-7-5-4-6-12(13)14/h1,4-9H,10-11H2,2H3,(H,18,19). The van der Waals surface area contributed by atoms with Gasteiger partial charge in [-0.15, -0.1) is 6.42 Å². The fourth-order valence-electron chi connectivity index (χ4n) is 2.04. The van der Waals surface area contributed by atoms with Gasteiger partial charge >= 0.3 is 5.97 Å². The lowest BCUT2D eigenvalue weighted by atomic mass is 10.0. The van der Waals surface area contributed by atoms with Gasteiger partial charge in [-0.05, 0) is 17.5 Å². The van der Waals surface area contributed by atoms with Crippen molar-refractivity contribution in [3.8, 4) is 18.1 Å². The second-order valence-electron chi connectivity index (χ2n) is 4.42. The molecule has 0 aliphatic carbocycles. The van der Waals surface area contributed by atoms with E-state index in [1.165, 1.54) is 0 Å². The Labute approximate surface area is 128 Å². The first-order valence-electron chi connectivity index (χ1n) is 6.60. The minimum absolute atomic E-state index is 0.0991. The molecule has 0 atom stereocenters. The van der Waals surface area contributed by atoms with Gasteiger partial charge in [-0.25, -0.2) is 4.79 Å². The van der Waals surface area contributed by atoms with Crippen molar-refractivity contribution in [1.29, 1.82) is 0 Å². The van der Waals surface area contributed by atoms with E-state index in [-0.39, 0.29) is 13.2 Å². The highest BCUT2D eigenvalue weighted by atomic mass is 16.5. The van der Waals surface area contributed by atoms with Crippen LogP contribution in [0.1, 0.15) is 10.4 Å². The Hall–Kier alpha value is -3.00. The van der Waals surface area contributed by atoms with E-state index < -0.39 is 11.9 Å². The zero-order valence-corrected chi connectivity index (χ0v) is 12.1. The van der Waals surface area contributed by atoms with Crippen LogP contribution < -0.4 is 10.1 Å². The monoisotopic (exact) mass is 297 g/mol. The number of nitrogens with one attached hydrogen (secondary N) is 1. The molecule has 2 rings (SSSR count). The molecular formula is C17H15NO4. The molecule has 22 heavy (non-hydrogen) atoms. The van der Waals surface area contributed by atoms with Crippen LogP contribution >= 0.6 is 0 Å². The maximum absolute atomic E-state index is 12.2. The SMILES string of the molecule is C#CCNC(=O)COC(=O)c1ccc(OC)c2ccccc12. The minimum Gasteiger partial charge on any atom is -0.496 e. The molecule has 2 aromatic carbocycles. The molecule has 1 N–H and O–H groups in total. The zero-order valence-electron chi connectivity index (χ0n) is 12.1. The molecule has 0 saturated heterocycles. The summed E-state index contributed by atoms with van der Waals surface area (Å²) in [6.45, 7) is -0.275. The predicted octanol–water partition coefficient (Wildman–Crippen LogP) is 1.75. The fraction of sp³-hybridized carbons (Fsp3) is 0.176. The lowest BCUT2D eigenvalue weighted by Gasteiger charge is -2.10. The van der Waals surface area contributed by atoms with Crippen molar-refractivity contribution in [2.24, 2.45) is 0 Å². The number of rotatable bonds is 5. The topological polar surface area (TPSA) is 64.6 Å². The summed E-state index contributed by atoms with van der Waals surface area (Å²) in [6, 6.07) is 10.6. The van der Waals surface area contributed by atoms with Crippen molar-refractivity contribution in [2.75, 3.05) is 20.3 Å². The molecule has 0 fully saturated rings. The van der Waals surface area contributed by atoms with Crippen LogP contribution in [0.3, 0.4) is 0 Å². The van der Waals surface area contributed by atoms with E-state index in [9.17, 15) is 9.59 Å². The normalized spacial score (nSPS) is 9.82. The van der Waals surface area contributed by atoms with E-state index in [2.05, 4.69) is 11.2 Å². The highest BCUT2D eigenvalue weighted by Gasteiger charge is 2.15. The molecule has 0 heterocycles. The van der Waals surface area contributed by atoms with Crippen molar-refractivity contribution in [3.63, 3.8) is 0 Å². The summed E-state index contributed by atoms with van der Waals surface area (Å²) < 4.78 is 10.3. The number of methoxy groups -OCH3 is 1. The first-order chi connectivity index (χ1) is 10.7. The molecule has 0 saturated carbocycles. The average molecular weight is 297 g/mol. The van der Waals surface area contributed by atoms with Crippen LogP contribution in [0.4, 0.5) is 0 Å². The molecule has 0 aliphatic heterocycles. The van der Waals surface area contributed by atoms with Gasteiger partial charge in [0.2, 0.25) is 0 Å². The third-order valence-electron chi connectivity index (χ3n) is 3.05. The number of hydrogen-bond acceptors (Lipinski definition) is 4. The van der Waals surface area contributed by atoms with E-state index in [0.29, 0.717) is 16.7 Å². The lowest BCUT2D eigenvalue weighted by molar-refractivity contribution is -0.123. The number of esters is 1. The van der Waals surface area contributed by atoms with Gasteiger partial charge in [-0.1, -0.05) is 30.2 Å². The number of benzene rings is 2. The number of hydrogen-bond donors (Lipinski definition) is 1. The lowest BCUT2D eigenvalue weighted by Crippen LogP contribution is -2.29. The van der Waals surface area contributed by atoms with Gasteiger partial charge < -0.3 is 14.8 Å². The molecule has 0 spiro atoms. The smallest absolute Gasteiger partial charge is 0.339 e. The van der Waals surface area contributed by atoms with E-state index in [1.54, 1.807) is 25.3 Å². The molecular weight excluding hydrogens is 282 g/mol. The summed E-state index contributed by atoms with van der Waals surface area (Å²) in [5, 5.41) is 3.93. The number of carbonyl (C=O) groups excluding carboxylic acids is 2. The summed E-state index contributed by atoms with van der Waals surface area (Å²) in [7, 11) is 1.57. The van der Waals surface area contributed by atoms with Gasteiger partial charge in [-0.2, -0.15) is 0 Å².